The highest BCUT2D eigenvalue weighted by atomic mass is 19.4. The van der Waals surface area contributed by atoms with Crippen molar-refractivity contribution in [2.45, 2.75) is 31.5 Å². The Balaban J connectivity index is 2.27. The van der Waals surface area contributed by atoms with Crippen molar-refractivity contribution < 1.29 is 13.2 Å². The molecule has 1 aliphatic rings. The van der Waals surface area contributed by atoms with Crippen LogP contribution in [0.15, 0.2) is 18.2 Å². The van der Waals surface area contributed by atoms with Crippen molar-refractivity contribution in [3.63, 3.8) is 0 Å². The van der Waals surface area contributed by atoms with Crippen LogP contribution >= 0.6 is 0 Å². The Morgan fingerprint density at radius 1 is 1.25 bits per heavy atom. The number of alkyl halides is 3. The van der Waals surface area contributed by atoms with Gasteiger partial charge in [-0.05, 0) is 19.3 Å². The first-order chi connectivity index (χ1) is 9.36. The maximum Gasteiger partial charge on any atom is 0.433 e. The minimum absolute atomic E-state index is 0.0313. The minimum atomic E-state index is -4.48. The third-order valence-corrected chi connectivity index (χ3v) is 3.06. The second kappa shape index (κ2) is 5.68. The summed E-state index contributed by atoms with van der Waals surface area (Å²) < 4.78 is 38.5. The molecule has 1 aromatic heterocycles. The summed E-state index contributed by atoms with van der Waals surface area (Å²) in [5.74, 6) is 0.269. The van der Waals surface area contributed by atoms with E-state index >= 15 is 0 Å². The van der Waals surface area contributed by atoms with E-state index in [0.29, 0.717) is 0 Å². The van der Waals surface area contributed by atoms with Gasteiger partial charge in [0.25, 0.3) is 0 Å². The van der Waals surface area contributed by atoms with Crippen LogP contribution in [0.5, 0.6) is 0 Å². The van der Waals surface area contributed by atoms with E-state index in [1.807, 2.05) is 6.08 Å². The molecular weight excluding hydrogens is 269 g/mol. The van der Waals surface area contributed by atoms with Crippen molar-refractivity contribution in [1.82, 2.24) is 9.97 Å². The molecule has 0 aliphatic heterocycles. The van der Waals surface area contributed by atoms with Crippen molar-refractivity contribution >= 4 is 11.8 Å². The molecule has 4 nitrogen and oxygen atoms in total. The number of aromatic nitrogens is 2. The number of hydrogen-bond acceptors (Lipinski definition) is 4. The molecule has 0 saturated carbocycles. The highest BCUT2D eigenvalue weighted by Crippen LogP contribution is 2.30. The molecule has 1 heterocycles. The van der Waals surface area contributed by atoms with Crippen LogP contribution in [0.4, 0.5) is 24.9 Å². The Kier molecular flexibility index (Phi) is 4.15. The fourth-order valence-electron chi connectivity index (χ4n) is 1.98. The minimum Gasteiger partial charge on any atom is -0.363 e. The SMILES string of the molecule is CN(C)c1cc(C(F)(F)F)nc(NC2CC=CCC2)n1. The van der Waals surface area contributed by atoms with Crippen LogP contribution in [-0.4, -0.2) is 30.1 Å². The van der Waals surface area contributed by atoms with Gasteiger partial charge in [-0.3, -0.25) is 0 Å². The van der Waals surface area contributed by atoms with Crippen molar-refractivity contribution in [3.05, 3.63) is 23.9 Å². The topological polar surface area (TPSA) is 41.1 Å². The van der Waals surface area contributed by atoms with Crippen LogP contribution < -0.4 is 10.2 Å². The zero-order chi connectivity index (χ0) is 14.8. The highest BCUT2D eigenvalue weighted by Gasteiger charge is 2.34. The molecule has 0 radical (unpaired) electrons. The van der Waals surface area contributed by atoms with Gasteiger partial charge in [0, 0.05) is 26.2 Å². The fourth-order valence-corrected chi connectivity index (χ4v) is 1.98. The van der Waals surface area contributed by atoms with Crippen molar-refractivity contribution in [3.8, 4) is 0 Å². The number of nitrogens with one attached hydrogen (secondary N) is 1. The maximum absolute atomic E-state index is 12.8. The molecule has 0 bridgehead atoms. The third kappa shape index (κ3) is 3.61. The lowest BCUT2D eigenvalue weighted by Gasteiger charge is -2.21. The molecule has 1 unspecified atom stereocenters. The molecular formula is C13H17F3N4. The van der Waals surface area contributed by atoms with E-state index in [1.165, 1.54) is 4.90 Å². The quantitative estimate of drug-likeness (QED) is 0.867. The Labute approximate surface area is 115 Å². The maximum atomic E-state index is 12.8. The van der Waals surface area contributed by atoms with Crippen molar-refractivity contribution in [2.75, 3.05) is 24.3 Å². The number of rotatable bonds is 3. The standard InChI is InChI=1S/C13H17F3N4/c1-20(2)11-8-10(13(14,15)16)18-12(19-11)17-9-6-4-3-5-7-9/h3-4,8-9H,5-7H2,1-2H3,(H,17,18,19). The zero-order valence-corrected chi connectivity index (χ0v) is 11.4. The lowest BCUT2D eigenvalue weighted by Crippen LogP contribution is -2.24. The van der Waals surface area contributed by atoms with Gasteiger partial charge >= 0.3 is 6.18 Å². The molecule has 0 saturated heterocycles. The number of nitrogens with zero attached hydrogens (tertiary/aromatic N) is 3. The summed E-state index contributed by atoms with van der Waals surface area (Å²) in [6.07, 6.45) is 2.16. The van der Waals surface area contributed by atoms with Crippen LogP contribution in [0, 0.1) is 0 Å². The second-order valence-electron chi connectivity index (χ2n) is 4.95. The molecule has 2 rings (SSSR count). The average molecular weight is 286 g/mol. The first-order valence-corrected chi connectivity index (χ1v) is 6.41. The van der Waals surface area contributed by atoms with E-state index < -0.39 is 11.9 Å². The molecule has 1 aromatic rings. The Bertz CT molecular complexity index is 497. The van der Waals surface area contributed by atoms with Gasteiger partial charge < -0.3 is 10.2 Å². The second-order valence-corrected chi connectivity index (χ2v) is 4.95. The van der Waals surface area contributed by atoms with E-state index in [9.17, 15) is 13.2 Å². The fraction of sp³-hybridized carbons (Fsp3) is 0.538. The third-order valence-electron chi connectivity index (χ3n) is 3.06. The van der Waals surface area contributed by atoms with E-state index in [1.54, 1.807) is 14.1 Å². The average Bonchev–Trinajstić information content (AvgIpc) is 2.38. The highest BCUT2D eigenvalue weighted by molar-refractivity contribution is 5.44. The van der Waals surface area contributed by atoms with E-state index in [4.69, 9.17) is 0 Å². The largest absolute Gasteiger partial charge is 0.433 e. The summed E-state index contributed by atoms with van der Waals surface area (Å²) in [7, 11) is 3.30. The molecule has 110 valence electrons. The summed E-state index contributed by atoms with van der Waals surface area (Å²) in [6, 6.07) is 1.03. The normalized spacial score (nSPS) is 18.9. The number of hydrogen-bond donors (Lipinski definition) is 1. The molecule has 1 N–H and O–H groups in total. The number of anilines is 2. The summed E-state index contributed by atoms with van der Waals surface area (Å²) in [5, 5.41) is 2.99. The van der Waals surface area contributed by atoms with Crippen LogP contribution in [0.1, 0.15) is 25.0 Å². The Morgan fingerprint density at radius 2 is 2.00 bits per heavy atom. The molecule has 0 fully saturated rings. The molecule has 1 atom stereocenters. The molecule has 7 heteroatoms. The smallest absolute Gasteiger partial charge is 0.363 e. The summed E-state index contributed by atoms with van der Waals surface area (Å²) in [5.41, 5.74) is -0.926. The van der Waals surface area contributed by atoms with Gasteiger partial charge in [-0.15, -0.1) is 0 Å². The summed E-state index contributed by atoms with van der Waals surface area (Å²) in [4.78, 5) is 9.23. The lowest BCUT2D eigenvalue weighted by atomic mass is 10.0. The van der Waals surface area contributed by atoms with Gasteiger partial charge in [-0.2, -0.15) is 18.2 Å². The lowest BCUT2D eigenvalue weighted by molar-refractivity contribution is -0.141. The van der Waals surface area contributed by atoms with Crippen LogP contribution in [0.25, 0.3) is 0 Å². The first kappa shape index (κ1) is 14.6. The predicted octanol–water partition coefficient (Wildman–Crippen LogP) is 3.08. The van der Waals surface area contributed by atoms with Gasteiger partial charge in [-0.1, -0.05) is 12.2 Å². The molecule has 1 aliphatic carbocycles. The molecule has 20 heavy (non-hydrogen) atoms. The van der Waals surface area contributed by atoms with Crippen molar-refractivity contribution in [2.24, 2.45) is 0 Å². The van der Waals surface area contributed by atoms with E-state index in [-0.39, 0.29) is 17.8 Å². The Morgan fingerprint density at radius 3 is 2.55 bits per heavy atom. The molecule has 0 amide bonds. The number of allylic oxidation sites excluding steroid dienone is 1. The summed E-state index contributed by atoms with van der Waals surface area (Å²) in [6.45, 7) is 0. The van der Waals surface area contributed by atoms with Gasteiger partial charge in [0.15, 0.2) is 5.69 Å². The molecule has 0 spiro atoms. The van der Waals surface area contributed by atoms with Gasteiger partial charge in [-0.25, -0.2) is 4.98 Å². The zero-order valence-electron chi connectivity index (χ0n) is 11.4. The van der Waals surface area contributed by atoms with E-state index in [2.05, 4.69) is 21.4 Å². The van der Waals surface area contributed by atoms with Gasteiger partial charge in [0.05, 0.1) is 0 Å². The van der Waals surface area contributed by atoms with E-state index in [0.717, 1.165) is 25.3 Å². The monoisotopic (exact) mass is 286 g/mol. The number of halogens is 3. The van der Waals surface area contributed by atoms with Crippen molar-refractivity contribution in [1.29, 1.82) is 0 Å². The first-order valence-electron chi connectivity index (χ1n) is 6.41. The van der Waals surface area contributed by atoms with Gasteiger partial charge in [0.1, 0.15) is 5.82 Å². The van der Waals surface area contributed by atoms with Crippen LogP contribution in [0.2, 0.25) is 0 Å². The Hall–Kier alpha value is -1.79. The predicted molar refractivity (Wildman–Crippen MR) is 71.8 cm³/mol. The summed E-state index contributed by atoms with van der Waals surface area (Å²) >= 11 is 0. The van der Waals surface area contributed by atoms with Crippen LogP contribution in [-0.2, 0) is 6.18 Å². The molecule has 0 aromatic carbocycles. The van der Waals surface area contributed by atoms with Gasteiger partial charge in [0.2, 0.25) is 5.95 Å². The van der Waals surface area contributed by atoms with Crippen LogP contribution in [0.3, 0.4) is 0 Å².